The maximum Gasteiger partial charge on any atom is 0.203 e. The standard InChI is InChI=1S/C37H31NO7/c1-42-24-16-13-22(14-17-24)33(39)32-31(23-19-28(43-2)34(45-4)29(20-23)44-3)37(35(40)25-10-6-7-11-26(25)36(37)41)30-18-15-21-9-5-8-12-27(21)38(30)32/h5-20,30-32H,1-4H3/t30-,31+,32-/m1/s1. The third kappa shape index (κ3) is 3.88. The molecule has 0 N–H and O–H groups in total. The molecular weight excluding hydrogens is 570 g/mol. The summed E-state index contributed by atoms with van der Waals surface area (Å²) in [4.78, 5) is 46.7. The number of fused-ring (bicyclic) bond motifs is 5. The fourth-order valence-corrected chi connectivity index (χ4v) is 7.50. The topological polar surface area (TPSA) is 91.4 Å². The Balaban J connectivity index is 1.56. The quantitative estimate of drug-likeness (QED) is 0.187. The lowest BCUT2D eigenvalue weighted by atomic mass is 9.64. The lowest BCUT2D eigenvalue weighted by Gasteiger charge is -2.37. The van der Waals surface area contributed by atoms with E-state index < -0.39 is 23.4 Å². The molecule has 1 fully saturated rings. The van der Waals surface area contributed by atoms with Gasteiger partial charge in [0.2, 0.25) is 5.75 Å². The van der Waals surface area contributed by atoms with Crippen molar-refractivity contribution in [2.45, 2.75) is 18.0 Å². The number of ether oxygens (including phenoxy) is 4. The van der Waals surface area contributed by atoms with Crippen molar-refractivity contribution in [2.75, 3.05) is 33.3 Å². The minimum Gasteiger partial charge on any atom is -0.497 e. The van der Waals surface area contributed by atoms with Crippen LogP contribution in [0.15, 0.2) is 91.0 Å². The van der Waals surface area contributed by atoms with E-state index in [2.05, 4.69) is 0 Å². The largest absolute Gasteiger partial charge is 0.497 e. The molecule has 0 aromatic heterocycles. The number of carbonyl (C=O) groups is 3. The predicted octanol–water partition coefficient (Wildman–Crippen LogP) is 6.04. The summed E-state index contributed by atoms with van der Waals surface area (Å²) in [5, 5.41) is 0. The van der Waals surface area contributed by atoms with Crippen LogP contribution in [0.3, 0.4) is 0 Å². The first-order chi connectivity index (χ1) is 21.9. The average molecular weight is 602 g/mol. The van der Waals surface area contributed by atoms with Crippen molar-refractivity contribution >= 4 is 29.1 Å². The Kier molecular flexibility index (Phi) is 6.73. The van der Waals surface area contributed by atoms with Crippen LogP contribution in [-0.2, 0) is 0 Å². The molecule has 2 heterocycles. The summed E-state index contributed by atoms with van der Waals surface area (Å²) in [5.41, 5.74) is 1.67. The number of benzene rings is 4. The lowest BCUT2D eigenvalue weighted by molar-refractivity contribution is 0.0665. The fraction of sp³-hybridized carbons (Fsp3) is 0.216. The van der Waals surface area contributed by atoms with Crippen LogP contribution in [0.4, 0.5) is 5.69 Å². The van der Waals surface area contributed by atoms with Crippen LogP contribution in [-0.4, -0.2) is 57.9 Å². The van der Waals surface area contributed by atoms with Crippen molar-refractivity contribution in [1.29, 1.82) is 0 Å². The maximum absolute atomic E-state index is 14.9. The lowest BCUT2D eigenvalue weighted by Crippen LogP contribution is -2.48. The third-order valence-corrected chi connectivity index (χ3v) is 9.40. The summed E-state index contributed by atoms with van der Waals surface area (Å²) in [6, 6.07) is 23.3. The van der Waals surface area contributed by atoms with Crippen molar-refractivity contribution < 1.29 is 33.3 Å². The Morgan fingerprint density at radius 1 is 0.733 bits per heavy atom. The molecular formula is C37H31NO7. The highest BCUT2D eigenvalue weighted by Crippen LogP contribution is 2.62. The number of ketones is 3. The van der Waals surface area contributed by atoms with Crippen LogP contribution in [0, 0.1) is 5.41 Å². The van der Waals surface area contributed by atoms with Crippen LogP contribution >= 0.6 is 0 Å². The van der Waals surface area contributed by atoms with E-state index in [1.165, 1.54) is 21.3 Å². The maximum atomic E-state index is 14.9. The fourth-order valence-electron chi connectivity index (χ4n) is 7.50. The molecule has 0 radical (unpaired) electrons. The van der Waals surface area contributed by atoms with Gasteiger partial charge in [0.15, 0.2) is 28.8 Å². The molecule has 7 rings (SSSR count). The first kappa shape index (κ1) is 28.4. The van der Waals surface area contributed by atoms with Crippen molar-refractivity contribution in [3.8, 4) is 23.0 Å². The highest BCUT2D eigenvalue weighted by Gasteiger charge is 2.71. The SMILES string of the molecule is COc1ccc(C(=O)[C@H]2[C@H](c3cc(OC)c(OC)c(OC)c3)C3(C(=O)c4ccccc4C3=O)[C@H]3C=Cc4ccccc4N23)cc1. The summed E-state index contributed by atoms with van der Waals surface area (Å²) in [6.45, 7) is 0. The molecule has 0 unspecified atom stereocenters. The van der Waals surface area contributed by atoms with E-state index in [0.717, 1.165) is 11.3 Å². The molecule has 0 bridgehead atoms. The number of para-hydroxylation sites is 1. The Labute approximate surface area is 260 Å². The summed E-state index contributed by atoms with van der Waals surface area (Å²) >= 11 is 0. The molecule has 3 aliphatic rings. The number of hydrogen-bond acceptors (Lipinski definition) is 8. The molecule has 3 atom stereocenters. The molecule has 4 aromatic carbocycles. The van der Waals surface area contributed by atoms with E-state index >= 15 is 0 Å². The van der Waals surface area contributed by atoms with Crippen LogP contribution in [0.1, 0.15) is 48.1 Å². The summed E-state index contributed by atoms with van der Waals surface area (Å²) in [5.74, 6) is -0.117. The van der Waals surface area contributed by atoms with Gasteiger partial charge in [-0.2, -0.15) is 0 Å². The van der Waals surface area contributed by atoms with Gasteiger partial charge in [-0.05, 0) is 53.6 Å². The molecule has 226 valence electrons. The molecule has 8 nitrogen and oxygen atoms in total. The molecule has 1 saturated heterocycles. The molecule has 1 aliphatic carbocycles. The van der Waals surface area contributed by atoms with Crippen molar-refractivity contribution in [1.82, 2.24) is 0 Å². The molecule has 0 saturated carbocycles. The van der Waals surface area contributed by atoms with Gasteiger partial charge < -0.3 is 23.8 Å². The number of Topliss-reactive ketones (excluding diaryl/α,β-unsaturated/α-hetero) is 3. The predicted molar refractivity (Wildman–Crippen MR) is 169 cm³/mol. The van der Waals surface area contributed by atoms with E-state index in [0.29, 0.717) is 45.3 Å². The summed E-state index contributed by atoms with van der Waals surface area (Å²) < 4.78 is 22.4. The Morgan fingerprint density at radius 3 is 1.91 bits per heavy atom. The number of hydrogen-bond donors (Lipinski definition) is 0. The van der Waals surface area contributed by atoms with Gasteiger partial charge >= 0.3 is 0 Å². The zero-order valence-corrected chi connectivity index (χ0v) is 25.3. The van der Waals surface area contributed by atoms with E-state index in [-0.39, 0.29) is 17.3 Å². The number of rotatable bonds is 7. The monoisotopic (exact) mass is 601 g/mol. The van der Waals surface area contributed by atoms with Crippen LogP contribution in [0.25, 0.3) is 6.08 Å². The minimum atomic E-state index is -1.66. The normalized spacial score (nSPS) is 20.4. The summed E-state index contributed by atoms with van der Waals surface area (Å²) in [6.07, 6.45) is 3.84. The van der Waals surface area contributed by atoms with Crippen molar-refractivity contribution in [3.05, 3.63) is 119 Å². The first-order valence-electron chi connectivity index (χ1n) is 14.6. The molecule has 2 aliphatic heterocycles. The second-order valence-corrected chi connectivity index (χ2v) is 11.3. The molecule has 8 heteroatoms. The van der Waals surface area contributed by atoms with E-state index in [4.69, 9.17) is 18.9 Å². The highest BCUT2D eigenvalue weighted by atomic mass is 16.5. The zero-order valence-electron chi connectivity index (χ0n) is 25.3. The smallest absolute Gasteiger partial charge is 0.203 e. The molecule has 4 aromatic rings. The molecule has 45 heavy (non-hydrogen) atoms. The van der Waals surface area contributed by atoms with Gasteiger partial charge in [-0.25, -0.2) is 0 Å². The van der Waals surface area contributed by atoms with Gasteiger partial charge in [0.1, 0.15) is 17.2 Å². The Hall–Kier alpha value is -5.37. The second-order valence-electron chi connectivity index (χ2n) is 11.3. The number of nitrogens with zero attached hydrogens (tertiary/aromatic N) is 1. The Morgan fingerprint density at radius 2 is 1.33 bits per heavy atom. The van der Waals surface area contributed by atoms with Gasteiger partial charge in [-0.15, -0.1) is 0 Å². The van der Waals surface area contributed by atoms with Crippen LogP contribution < -0.4 is 23.8 Å². The first-order valence-corrected chi connectivity index (χ1v) is 14.6. The third-order valence-electron chi connectivity index (χ3n) is 9.40. The minimum absolute atomic E-state index is 0.236. The van der Waals surface area contributed by atoms with Crippen LogP contribution in [0.5, 0.6) is 23.0 Å². The van der Waals surface area contributed by atoms with Gasteiger partial charge in [-0.1, -0.05) is 54.6 Å². The zero-order chi connectivity index (χ0) is 31.5. The van der Waals surface area contributed by atoms with Gasteiger partial charge in [-0.3, -0.25) is 14.4 Å². The van der Waals surface area contributed by atoms with Crippen molar-refractivity contribution in [3.63, 3.8) is 0 Å². The number of anilines is 1. The van der Waals surface area contributed by atoms with Crippen molar-refractivity contribution in [2.24, 2.45) is 5.41 Å². The van der Waals surface area contributed by atoms with E-state index in [1.807, 2.05) is 41.3 Å². The summed E-state index contributed by atoms with van der Waals surface area (Å²) in [7, 11) is 6.09. The Bertz CT molecular complexity index is 1830. The van der Waals surface area contributed by atoms with E-state index in [1.54, 1.807) is 67.8 Å². The molecule has 0 amide bonds. The molecule has 1 spiro atoms. The number of methoxy groups -OCH3 is 4. The van der Waals surface area contributed by atoms with Gasteiger partial charge in [0, 0.05) is 28.3 Å². The number of carbonyl (C=O) groups excluding carboxylic acids is 3. The van der Waals surface area contributed by atoms with E-state index in [9.17, 15) is 14.4 Å². The van der Waals surface area contributed by atoms with Crippen LogP contribution in [0.2, 0.25) is 0 Å². The highest BCUT2D eigenvalue weighted by molar-refractivity contribution is 6.32. The van der Waals surface area contributed by atoms with Gasteiger partial charge in [0.25, 0.3) is 0 Å². The second kappa shape index (κ2) is 10.7. The average Bonchev–Trinajstić information content (AvgIpc) is 3.53. The van der Waals surface area contributed by atoms with Gasteiger partial charge in [0.05, 0.1) is 34.5 Å².